The largest absolute Gasteiger partial charge is 0.311 e. The van der Waals surface area contributed by atoms with E-state index in [-0.39, 0.29) is 17.5 Å². The number of alkyl halides is 1. The maximum absolute atomic E-state index is 13.9. The molecular weight excluding hydrogens is 232 g/mol. The van der Waals surface area contributed by atoms with Crippen molar-refractivity contribution in [1.82, 2.24) is 5.32 Å². The van der Waals surface area contributed by atoms with Crippen molar-refractivity contribution in [3.63, 3.8) is 0 Å². The fraction of sp³-hybridized carbons (Fsp3) is 0.500. The van der Waals surface area contributed by atoms with Crippen LogP contribution in [0.5, 0.6) is 0 Å². The molecule has 1 aromatic carbocycles. The summed E-state index contributed by atoms with van der Waals surface area (Å²) in [4.78, 5) is 0. The average Bonchev–Trinajstić information content (AvgIpc) is 2.78. The summed E-state index contributed by atoms with van der Waals surface area (Å²) in [7, 11) is 0. The second-order valence-corrected chi connectivity index (χ2v) is 4.51. The molecule has 1 nitrogen and oxygen atoms in total. The molecule has 0 spiro atoms. The number of nitrogens with one attached hydrogen (secondary N) is 1. The Morgan fingerprint density at radius 2 is 2.31 bits per heavy atom. The summed E-state index contributed by atoms with van der Waals surface area (Å²) in [5.74, 6) is -0.481. The van der Waals surface area contributed by atoms with Gasteiger partial charge in [0.1, 0.15) is 12.0 Å². The summed E-state index contributed by atoms with van der Waals surface area (Å²) < 4.78 is 27.0. The molecule has 2 rings (SSSR count). The molecule has 0 saturated carbocycles. The quantitative estimate of drug-likeness (QED) is 0.863. The zero-order valence-electron chi connectivity index (χ0n) is 8.85. The Morgan fingerprint density at radius 3 is 3.00 bits per heavy atom. The highest BCUT2D eigenvalue weighted by Crippen LogP contribution is 2.24. The van der Waals surface area contributed by atoms with Crippen LogP contribution < -0.4 is 5.32 Å². The molecule has 16 heavy (non-hydrogen) atoms. The zero-order valence-corrected chi connectivity index (χ0v) is 9.61. The smallest absolute Gasteiger partial charge is 0.142 e. The van der Waals surface area contributed by atoms with Gasteiger partial charge >= 0.3 is 0 Å². The van der Waals surface area contributed by atoms with E-state index in [1.807, 2.05) is 0 Å². The lowest BCUT2D eigenvalue weighted by Crippen LogP contribution is -2.33. The van der Waals surface area contributed by atoms with Crippen molar-refractivity contribution in [2.24, 2.45) is 0 Å². The highest BCUT2D eigenvalue weighted by atomic mass is 35.5. The van der Waals surface area contributed by atoms with Crippen molar-refractivity contribution in [2.75, 3.05) is 6.54 Å². The number of hydrogen-bond donors (Lipinski definition) is 1. The minimum atomic E-state index is -0.998. The van der Waals surface area contributed by atoms with Crippen LogP contribution in [0.15, 0.2) is 18.2 Å². The summed E-state index contributed by atoms with van der Waals surface area (Å²) in [6.07, 6.45) is 1.02. The molecular formula is C12H14ClF2N. The molecule has 88 valence electrons. The Morgan fingerprint density at radius 1 is 1.50 bits per heavy atom. The van der Waals surface area contributed by atoms with Crippen molar-refractivity contribution in [2.45, 2.75) is 31.5 Å². The zero-order chi connectivity index (χ0) is 11.5. The summed E-state index contributed by atoms with van der Waals surface area (Å²) in [6.45, 7) is 0.863. The Bertz CT molecular complexity index is 364. The van der Waals surface area contributed by atoms with E-state index in [1.165, 1.54) is 6.07 Å². The monoisotopic (exact) mass is 245 g/mol. The second kappa shape index (κ2) is 5.11. The van der Waals surface area contributed by atoms with Crippen molar-refractivity contribution in [1.29, 1.82) is 0 Å². The molecule has 0 aliphatic carbocycles. The maximum atomic E-state index is 13.9. The third-order valence-electron chi connectivity index (χ3n) is 2.98. The topological polar surface area (TPSA) is 12.0 Å². The molecule has 1 saturated heterocycles. The van der Waals surface area contributed by atoms with Gasteiger partial charge in [-0.3, -0.25) is 0 Å². The van der Waals surface area contributed by atoms with Crippen LogP contribution in [0.3, 0.4) is 0 Å². The fourth-order valence-electron chi connectivity index (χ4n) is 2.08. The van der Waals surface area contributed by atoms with Gasteiger partial charge in [0.2, 0.25) is 0 Å². The van der Waals surface area contributed by atoms with Gasteiger partial charge in [0.15, 0.2) is 0 Å². The van der Waals surface area contributed by atoms with Gasteiger partial charge in [0.25, 0.3) is 0 Å². The summed E-state index contributed by atoms with van der Waals surface area (Å²) in [6, 6.07) is 4.41. The normalized spacial score (nSPS) is 22.3. The molecule has 1 aliphatic heterocycles. The summed E-state index contributed by atoms with van der Waals surface area (Å²) in [5, 5.41) is 3.14. The minimum absolute atomic E-state index is 0.0446. The average molecular weight is 246 g/mol. The predicted molar refractivity (Wildman–Crippen MR) is 61.0 cm³/mol. The number of hydrogen-bond acceptors (Lipinski definition) is 1. The van der Waals surface area contributed by atoms with Crippen LogP contribution in [0, 0.1) is 5.82 Å². The first-order valence-electron chi connectivity index (χ1n) is 5.49. The molecule has 0 radical (unpaired) electrons. The molecule has 4 heteroatoms. The highest BCUT2D eigenvalue weighted by molar-refractivity contribution is 6.31. The van der Waals surface area contributed by atoms with Crippen LogP contribution in [-0.4, -0.2) is 18.8 Å². The molecule has 0 amide bonds. The Balaban J connectivity index is 2.05. The molecule has 1 aliphatic rings. The van der Waals surface area contributed by atoms with E-state index in [2.05, 4.69) is 5.32 Å². The molecule has 2 unspecified atom stereocenters. The van der Waals surface area contributed by atoms with E-state index < -0.39 is 12.0 Å². The van der Waals surface area contributed by atoms with Crippen molar-refractivity contribution >= 4 is 11.6 Å². The molecule has 2 atom stereocenters. The Labute approximate surface area is 98.8 Å². The van der Waals surface area contributed by atoms with Gasteiger partial charge in [0.05, 0.1) is 5.02 Å². The summed E-state index contributed by atoms with van der Waals surface area (Å²) >= 11 is 5.78. The molecule has 1 aromatic rings. The van der Waals surface area contributed by atoms with Gasteiger partial charge in [-0.1, -0.05) is 23.7 Å². The first kappa shape index (κ1) is 11.8. The van der Waals surface area contributed by atoms with E-state index in [0.29, 0.717) is 5.56 Å². The van der Waals surface area contributed by atoms with Crippen LogP contribution in [-0.2, 0) is 6.42 Å². The SMILES string of the molecule is Fc1cccc(CC(F)C2CCCN2)c1Cl. The molecule has 0 aromatic heterocycles. The minimum Gasteiger partial charge on any atom is -0.311 e. The Hall–Kier alpha value is -0.670. The third kappa shape index (κ3) is 2.53. The number of halogens is 3. The fourth-order valence-corrected chi connectivity index (χ4v) is 2.28. The predicted octanol–water partition coefficient (Wildman–Crippen LogP) is 3.11. The van der Waals surface area contributed by atoms with Crippen LogP contribution in [0.25, 0.3) is 0 Å². The van der Waals surface area contributed by atoms with E-state index in [9.17, 15) is 8.78 Å². The Kier molecular flexibility index (Phi) is 3.77. The first-order valence-corrected chi connectivity index (χ1v) is 5.86. The number of rotatable bonds is 3. The molecule has 1 fully saturated rings. The van der Waals surface area contributed by atoms with Crippen LogP contribution in [0.1, 0.15) is 18.4 Å². The first-order chi connectivity index (χ1) is 7.68. The van der Waals surface area contributed by atoms with Gasteiger partial charge in [-0.2, -0.15) is 0 Å². The van der Waals surface area contributed by atoms with E-state index in [1.54, 1.807) is 12.1 Å². The standard InChI is InChI=1S/C12H14ClF2N/c13-12-8(3-1-4-9(12)14)7-10(15)11-5-2-6-16-11/h1,3-4,10-11,16H,2,5-7H2. The molecule has 0 bridgehead atoms. The van der Waals surface area contributed by atoms with Gasteiger partial charge in [-0.15, -0.1) is 0 Å². The van der Waals surface area contributed by atoms with E-state index in [0.717, 1.165) is 19.4 Å². The highest BCUT2D eigenvalue weighted by Gasteiger charge is 2.25. The van der Waals surface area contributed by atoms with Gasteiger partial charge < -0.3 is 5.32 Å². The van der Waals surface area contributed by atoms with Crippen molar-refractivity contribution in [3.05, 3.63) is 34.6 Å². The number of benzene rings is 1. The molecule has 1 heterocycles. The van der Waals surface area contributed by atoms with Crippen molar-refractivity contribution in [3.8, 4) is 0 Å². The second-order valence-electron chi connectivity index (χ2n) is 4.14. The van der Waals surface area contributed by atoms with Crippen LogP contribution in [0.2, 0.25) is 5.02 Å². The summed E-state index contributed by atoms with van der Waals surface area (Å²) in [5.41, 5.74) is 0.544. The van der Waals surface area contributed by atoms with E-state index in [4.69, 9.17) is 11.6 Å². The third-order valence-corrected chi connectivity index (χ3v) is 3.40. The van der Waals surface area contributed by atoms with Crippen molar-refractivity contribution < 1.29 is 8.78 Å². The lowest BCUT2D eigenvalue weighted by molar-refractivity contribution is 0.263. The molecule has 1 N–H and O–H groups in total. The van der Waals surface area contributed by atoms with Gasteiger partial charge in [-0.05, 0) is 31.0 Å². The lowest BCUT2D eigenvalue weighted by Gasteiger charge is -2.16. The van der Waals surface area contributed by atoms with Crippen LogP contribution in [0.4, 0.5) is 8.78 Å². The maximum Gasteiger partial charge on any atom is 0.142 e. The van der Waals surface area contributed by atoms with E-state index >= 15 is 0 Å². The van der Waals surface area contributed by atoms with Gasteiger partial charge in [-0.25, -0.2) is 8.78 Å². The van der Waals surface area contributed by atoms with Crippen LogP contribution >= 0.6 is 11.6 Å². The lowest BCUT2D eigenvalue weighted by atomic mass is 10.0. The van der Waals surface area contributed by atoms with Gasteiger partial charge in [0, 0.05) is 12.5 Å².